The van der Waals surface area contributed by atoms with E-state index in [-0.39, 0.29) is 17.8 Å². The fourth-order valence-corrected chi connectivity index (χ4v) is 12.6. The van der Waals surface area contributed by atoms with Crippen LogP contribution in [0, 0.1) is 18.8 Å². The first-order valence-electron chi connectivity index (χ1n) is 32.0. The Morgan fingerprint density at radius 3 is 1.93 bits per heavy atom. The monoisotopic (exact) mass is 1190 g/mol. The predicted octanol–water partition coefficient (Wildman–Crippen LogP) is 20.0. The molecule has 14 nitrogen and oxygen atoms in total. The number of ether oxygens (including phenoxy) is 3. The van der Waals surface area contributed by atoms with Gasteiger partial charge in [0.05, 0.1) is 63.9 Å². The number of aromatic nitrogens is 2. The quantitative estimate of drug-likeness (QED) is 0.0145. The van der Waals surface area contributed by atoms with Crippen molar-refractivity contribution in [1.82, 2.24) is 9.97 Å². The van der Waals surface area contributed by atoms with Gasteiger partial charge in [-0.05, 0) is 117 Å². The van der Waals surface area contributed by atoms with E-state index in [1.807, 2.05) is 24.3 Å². The molecule has 0 spiro atoms. The summed E-state index contributed by atoms with van der Waals surface area (Å²) < 4.78 is 19.9. The molecule has 0 radical (unpaired) electrons. The number of anilines is 5. The van der Waals surface area contributed by atoms with Crippen molar-refractivity contribution in [3.63, 3.8) is 0 Å². The number of unbranched alkanes of at least 4 members (excludes halogenated alkanes) is 13. The average molecular weight is 1190 g/mol. The molecule has 2 heterocycles. The molecule has 0 fully saturated rings. The molecule has 0 bridgehead atoms. The van der Waals surface area contributed by atoms with Crippen LogP contribution in [0.5, 0.6) is 11.5 Å². The van der Waals surface area contributed by atoms with Crippen molar-refractivity contribution in [2.24, 2.45) is 22.1 Å². The number of nitrogens with zero attached hydrogens (tertiary/aromatic N) is 6. The number of azo groups is 1. The number of thiazole rings is 2. The van der Waals surface area contributed by atoms with Crippen LogP contribution in [-0.2, 0) is 16.0 Å². The number of nitrogens with one attached hydrogen (secondary N) is 3. The lowest BCUT2D eigenvalue weighted by Gasteiger charge is -2.28. The Hall–Kier alpha value is -6.00. The first kappa shape index (κ1) is 67.1. The minimum absolute atomic E-state index is 0.131. The highest BCUT2D eigenvalue weighted by molar-refractivity contribution is 7.22. The second-order valence-electron chi connectivity index (χ2n) is 23.0. The number of amides is 1. The molecule has 16 heteroatoms. The van der Waals surface area contributed by atoms with Gasteiger partial charge in [-0.1, -0.05) is 173 Å². The topological polar surface area (TPSA) is 155 Å². The molecule has 0 aliphatic carbocycles. The molecule has 1 amide bonds. The third-order valence-electron chi connectivity index (χ3n) is 16.1. The average Bonchev–Trinajstić information content (AvgIpc) is 4.12. The van der Waals surface area contributed by atoms with E-state index in [2.05, 4.69) is 115 Å². The van der Waals surface area contributed by atoms with Gasteiger partial charge in [0.15, 0.2) is 0 Å². The molecular formula is C68H101N9O5S2. The lowest BCUT2D eigenvalue weighted by molar-refractivity contribution is -0.114. The standard InChI is InChI=1S/C68H101N9O5S2/c1-11-16-20-23-24-25-31-53-34-36-55-64(43-53)83-68(70-55)75-73-59-46-63(81-10)61(47-62(59)80-9)77(38-19-14-4)41-29-26-30-49(6)32-33-52(15-5)48-82-66(79)54-35-37-56-65(44-54)84-67(71-56)74-72-58-42-50(7)60(45-57(58)69-51(8)78)76(39-27-21-17-12-2)40-28-22-18-13-3/h34-37,42-47,49,52,72H,11-33,38-41,48H2,1-10H3,(H,69,78)(H,71,74). The molecule has 3 N–H and O–H groups in total. The van der Waals surface area contributed by atoms with Crippen LogP contribution in [0.4, 0.5) is 38.7 Å². The van der Waals surface area contributed by atoms with E-state index in [0.717, 1.165) is 146 Å². The van der Waals surface area contributed by atoms with E-state index in [0.29, 0.717) is 45.5 Å². The smallest absolute Gasteiger partial charge is 0.338 e. The summed E-state index contributed by atoms with van der Waals surface area (Å²) in [5, 5.41) is 13.6. The molecule has 460 valence electrons. The van der Waals surface area contributed by atoms with Gasteiger partial charge in [0.1, 0.15) is 17.2 Å². The number of hydrazine groups is 1. The molecule has 6 aromatic rings. The summed E-state index contributed by atoms with van der Waals surface area (Å²) >= 11 is 3.02. The second kappa shape index (κ2) is 36.8. The van der Waals surface area contributed by atoms with E-state index in [4.69, 9.17) is 24.2 Å². The minimum atomic E-state index is -0.317. The summed E-state index contributed by atoms with van der Waals surface area (Å²) in [7, 11) is 3.40. The number of hydrogen-bond acceptors (Lipinski definition) is 15. The number of aryl methyl sites for hydroxylation is 2. The Labute approximate surface area is 511 Å². The number of benzene rings is 4. The summed E-state index contributed by atoms with van der Waals surface area (Å²) in [4.78, 5) is 40.4. The van der Waals surface area contributed by atoms with Crippen molar-refractivity contribution in [2.45, 2.75) is 203 Å². The van der Waals surface area contributed by atoms with Crippen LogP contribution in [0.2, 0.25) is 0 Å². The Balaban J connectivity index is 0.973. The van der Waals surface area contributed by atoms with Gasteiger partial charge in [-0.3, -0.25) is 15.6 Å². The molecule has 0 saturated heterocycles. The third kappa shape index (κ3) is 21.5. The number of rotatable bonds is 42. The molecule has 0 saturated carbocycles. The van der Waals surface area contributed by atoms with Gasteiger partial charge >= 0.3 is 5.97 Å². The van der Waals surface area contributed by atoms with Crippen molar-refractivity contribution in [3.8, 4) is 11.5 Å². The molecule has 2 atom stereocenters. The van der Waals surface area contributed by atoms with Gasteiger partial charge in [0, 0.05) is 50.9 Å². The van der Waals surface area contributed by atoms with E-state index in [1.54, 1.807) is 38.5 Å². The van der Waals surface area contributed by atoms with Crippen molar-refractivity contribution < 1.29 is 23.8 Å². The first-order chi connectivity index (χ1) is 40.9. The van der Waals surface area contributed by atoms with Gasteiger partial charge in [-0.25, -0.2) is 14.8 Å². The number of carbonyl (C=O) groups excluding carboxylic acids is 2. The third-order valence-corrected chi connectivity index (χ3v) is 17.9. The van der Waals surface area contributed by atoms with E-state index in [9.17, 15) is 9.59 Å². The Morgan fingerprint density at radius 2 is 1.24 bits per heavy atom. The maximum atomic E-state index is 13.5. The predicted molar refractivity (Wildman–Crippen MR) is 357 cm³/mol. The van der Waals surface area contributed by atoms with Crippen LogP contribution in [-0.4, -0.2) is 68.8 Å². The molecule has 6 rings (SSSR count). The summed E-state index contributed by atoms with van der Waals surface area (Å²) in [6.45, 7) is 21.4. The summed E-state index contributed by atoms with van der Waals surface area (Å²) in [6.07, 6.45) is 26.9. The van der Waals surface area contributed by atoms with Crippen molar-refractivity contribution in [3.05, 3.63) is 77.4 Å². The molecule has 4 aromatic carbocycles. The SMILES string of the molecule is CCCCCCCCc1ccc2nc(N=Nc3cc(OC)c(N(CCCC)CCCCC(C)CCC(CC)COC(=O)c4ccc5nc(NNc6cc(C)c(N(CCCCCC)CCCCCC)cc6NC(C)=O)sc5c4)cc3OC)sc2c1. The van der Waals surface area contributed by atoms with Crippen molar-refractivity contribution in [1.29, 1.82) is 0 Å². The van der Waals surface area contributed by atoms with E-state index >= 15 is 0 Å². The summed E-state index contributed by atoms with van der Waals surface area (Å²) in [6, 6.07) is 20.3. The number of carbonyl (C=O) groups is 2. The molecule has 84 heavy (non-hydrogen) atoms. The maximum absolute atomic E-state index is 13.5. The van der Waals surface area contributed by atoms with Crippen LogP contribution in [0.25, 0.3) is 20.4 Å². The highest BCUT2D eigenvalue weighted by Gasteiger charge is 2.21. The van der Waals surface area contributed by atoms with Crippen LogP contribution in [0.3, 0.4) is 0 Å². The first-order valence-corrected chi connectivity index (χ1v) is 33.6. The second-order valence-corrected chi connectivity index (χ2v) is 25.1. The zero-order valence-corrected chi connectivity index (χ0v) is 54.4. The number of hydrogen-bond donors (Lipinski definition) is 3. The maximum Gasteiger partial charge on any atom is 0.338 e. The molecule has 2 unspecified atom stereocenters. The molecule has 0 aliphatic rings. The van der Waals surface area contributed by atoms with Crippen LogP contribution >= 0.6 is 22.7 Å². The molecular weight excluding hydrogens is 1090 g/mol. The van der Waals surface area contributed by atoms with Gasteiger partial charge in [0.25, 0.3) is 0 Å². The zero-order chi connectivity index (χ0) is 60.1. The fourth-order valence-electron chi connectivity index (χ4n) is 10.9. The van der Waals surface area contributed by atoms with E-state index < -0.39 is 0 Å². The zero-order valence-electron chi connectivity index (χ0n) is 52.8. The van der Waals surface area contributed by atoms with Gasteiger partial charge in [-0.15, -0.1) is 10.2 Å². The van der Waals surface area contributed by atoms with Crippen molar-refractivity contribution >= 4 is 93.7 Å². The molecule has 2 aromatic heterocycles. The molecule has 0 aliphatic heterocycles. The Kier molecular flexibility index (Phi) is 29.4. The normalized spacial score (nSPS) is 12.3. The minimum Gasteiger partial charge on any atom is -0.494 e. The van der Waals surface area contributed by atoms with Crippen LogP contribution < -0.4 is 35.4 Å². The fraction of sp³-hybridized carbons (Fsp3) is 0.588. The largest absolute Gasteiger partial charge is 0.494 e. The highest BCUT2D eigenvalue weighted by atomic mass is 32.1. The highest BCUT2D eigenvalue weighted by Crippen LogP contribution is 2.42. The van der Waals surface area contributed by atoms with Crippen LogP contribution in [0.1, 0.15) is 211 Å². The van der Waals surface area contributed by atoms with E-state index in [1.165, 1.54) is 94.0 Å². The summed E-state index contributed by atoms with van der Waals surface area (Å²) in [5.74, 6) is 1.78. The van der Waals surface area contributed by atoms with Crippen molar-refractivity contribution in [2.75, 3.05) is 73.0 Å². The van der Waals surface area contributed by atoms with Gasteiger partial charge < -0.3 is 29.3 Å². The summed E-state index contributed by atoms with van der Waals surface area (Å²) in [5.41, 5.74) is 15.6. The number of esters is 1. The lowest BCUT2D eigenvalue weighted by atomic mass is 9.92. The number of methoxy groups -OCH3 is 2. The number of fused-ring (bicyclic) bond motifs is 2. The van der Waals surface area contributed by atoms with Crippen LogP contribution in [0.15, 0.2) is 70.9 Å². The Morgan fingerprint density at radius 1 is 0.607 bits per heavy atom. The Bertz CT molecular complexity index is 2950. The van der Waals surface area contributed by atoms with Gasteiger partial charge in [-0.2, -0.15) is 0 Å². The lowest BCUT2D eigenvalue weighted by Crippen LogP contribution is -2.27. The van der Waals surface area contributed by atoms with Gasteiger partial charge in [0.2, 0.25) is 16.2 Å².